The van der Waals surface area contributed by atoms with Crippen LogP contribution in [0, 0.1) is 0 Å². The van der Waals surface area contributed by atoms with E-state index in [4.69, 9.17) is 19.5 Å². The predicted octanol–water partition coefficient (Wildman–Crippen LogP) is -0.576. The van der Waals surface area contributed by atoms with Crippen molar-refractivity contribution in [3.8, 4) is 0 Å². The number of ether oxygens (including phenoxy) is 1. The van der Waals surface area contributed by atoms with E-state index < -0.39 is 19.1 Å². The number of aromatic nitrogens is 1. The molecule has 1 amide bonds. The lowest BCUT2D eigenvalue weighted by atomic mass is 10.2. The third-order valence-electron chi connectivity index (χ3n) is 2.34. The Hall–Kier alpha value is -1.44. The van der Waals surface area contributed by atoms with E-state index in [0.717, 1.165) is 0 Å². The molecule has 1 aromatic rings. The Labute approximate surface area is 98.4 Å². The Morgan fingerprint density at radius 2 is 2.24 bits per heavy atom. The summed E-state index contributed by atoms with van der Waals surface area (Å²) < 4.78 is 9.71. The lowest BCUT2D eigenvalue weighted by Crippen LogP contribution is -2.32. The fourth-order valence-electron chi connectivity index (χ4n) is 1.21. The van der Waals surface area contributed by atoms with Crippen LogP contribution in [0.5, 0.6) is 0 Å². The van der Waals surface area contributed by atoms with Crippen LogP contribution in [0.2, 0.25) is 0 Å². The summed E-state index contributed by atoms with van der Waals surface area (Å²) in [6, 6.07) is 0. The molecule has 1 rings (SSSR count). The van der Waals surface area contributed by atoms with Gasteiger partial charge in [-0.2, -0.15) is 0 Å². The van der Waals surface area contributed by atoms with Gasteiger partial charge in [-0.15, -0.1) is 0 Å². The first-order valence-electron chi connectivity index (χ1n) is 5.14. The molecular formula is C10H16N2O5. The van der Waals surface area contributed by atoms with Crippen LogP contribution in [0.4, 0.5) is 0 Å². The topological polar surface area (TPSA) is 105 Å². The Kier molecular flexibility index (Phi) is 5.08. The zero-order chi connectivity index (χ0) is 12.8. The number of hydrogen-bond acceptors (Lipinski definition) is 6. The van der Waals surface area contributed by atoms with E-state index in [2.05, 4.69) is 10.5 Å². The van der Waals surface area contributed by atoms with Gasteiger partial charge in [0.25, 0.3) is 5.91 Å². The lowest BCUT2D eigenvalue weighted by Gasteiger charge is -2.09. The van der Waals surface area contributed by atoms with Gasteiger partial charge in [0.05, 0.1) is 18.3 Å². The second kappa shape index (κ2) is 6.33. The maximum absolute atomic E-state index is 11.7. The monoisotopic (exact) mass is 244 g/mol. The van der Waals surface area contributed by atoms with Crippen molar-refractivity contribution in [1.29, 1.82) is 0 Å². The SMILES string of the molecule is COC(C)CNC(=O)c1noc(CO)c1CO. The summed E-state index contributed by atoms with van der Waals surface area (Å²) in [6.45, 7) is 1.29. The highest BCUT2D eigenvalue weighted by atomic mass is 16.5. The van der Waals surface area contributed by atoms with Crippen molar-refractivity contribution in [2.45, 2.75) is 26.2 Å². The Morgan fingerprint density at radius 1 is 1.53 bits per heavy atom. The molecule has 0 saturated carbocycles. The molecule has 1 aromatic heterocycles. The van der Waals surface area contributed by atoms with Crippen molar-refractivity contribution in [3.63, 3.8) is 0 Å². The molecule has 0 aromatic carbocycles. The molecule has 1 heterocycles. The number of nitrogens with one attached hydrogen (secondary N) is 1. The van der Waals surface area contributed by atoms with Gasteiger partial charge in [-0.1, -0.05) is 5.16 Å². The van der Waals surface area contributed by atoms with Crippen LogP contribution in [-0.2, 0) is 18.0 Å². The van der Waals surface area contributed by atoms with Crippen LogP contribution < -0.4 is 5.32 Å². The first-order valence-corrected chi connectivity index (χ1v) is 5.14. The van der Waals surface area contributed by atoms with Gasteiger partial charge in [0.2, 0.25) is 0 Å². The number of aliphatic hydroxyl groups is 2. The molecule has 7 heteroatoms. The van der Waals surface area contributed by atoms with Gasteiger partial charge in [0.1, 0.15) is 6.61 Å². The molecule has 0 saturated heterocycles. The average molecular weight is 244 g/mol. The van der Waals surface area contributed by atoms with E-state index in [1.54, 1.807) is 6.92 Å². The summed E-state index contributed by atoms with van der Waals surface area (Å²) in [6.07, 6.45) is -0.124. The number of methoxy groups -OCH3 is 1. The molecular weight excluding hydrogens is 228 g/mol. The maximum atomic E-state index is 11.7. The molecule has 17 heavy (non-hydrogen) atoms. The number of carbonyl (C=O) groups is 1. The second-order valence-electron chi connectivity index (χ2n) is 3.51. The van der Waals surface area contributed by atoms with Crippen LogP contribution in [0.3, 0.4) is 0 Å². The van der Waals surface area contributed by atoms with Gasteiger partial charge >= 0.3 is 0 Å². The molecule has 1 atom stereocenters. The van der Waals surface area contributed by atoms with Crippen molar-refractivity contribution in [3.05, 3.63) is 17.0 Å². The minimum atomic E-state index is -0.471. The summed E-state index contributed by atoms with van der Waals surface area (Å²) in [5.74, 6) is -0.376. The van der Waals surface area contributed by atoms with Crippen LogP contribution in [-0.4, -0.2) is 41.0 Å². The van der Waals surface area contributed by atoms with Gasteiger partial charge < -0.3 is 24.8 Å². The summed E-state index contributed by atoms with van der Waals surface area (Å²) in [7, 11) is 1.54. The Bertz CT molecular complexity index is 377. The van der Waals surface area contributed by atoms with E-state index in [1.165, 1.54) is 7.11 Å². The average Bonchev–Trinajstić information content (AvgIpc) is 2.77. The predicted molar refractivity (Wildman–Crippen MR) is 57.2 cm³/mol. The van der Waals surface area contributed by atoms with Gasteiger partial charge in [-0.05, 0) is 6.92 Å². The Balaban J connectivity index is 2.72. The van der Waals surface area contributed by atoms with E-state index in [9.17, 15) is 4.79 Å². The van der Waals surface area contributed by atoms with Gasteiger partial charge in [-0.3, -0.25) is 4.79 Å². The summed E-state index contributed by atoms with van der Waals surface area (Å²) in [4.78, 5) is 11.7. The van der Waals surface area contributed by atoms with E-state index in [1.807, 2.05) is 0 Å². The molecule has 0 spiro atoms. The zero-order valence-electron chi connectivity index (χ0n) is 9.77. The molecule has 0 aliphatic carbocycles. The van der Waals surface area contributed by atoms with E-state index in [-0.39, 0.29) is 23.1 Å². The highest BCUT2D eigenvalue weighted by Crippen LogP contribution is 2.14. The molecule has 0 aliphatic heterocycles. The van der Waals surface area contributed by atoms with Crippen molar-refractivity contribution >= 4 is 5.91 Å². The van der Waals surface area contributed by atoms with Crippen molar-refractivity contribution < 1.29 is 24.3 Å². The summed E-state index contributed by atoms with van der Waals surface area (Å²) >= 11 is 0. The van der Waals surface area contributed by atoms with Crippen LogP contribution in [0.25, 0.3) is 0 Å². The number of hydrogen-bond donors (Lipinski definition) is 3. The van der Waals surface area contributed by atoms with Gasteiger partial charge in [0, 0.05) is 13.7 Å². The molecule has 3 N–H and O–H groups in total. The number of amides is 1. The van der Waals surface area contributed by atoms with E-state index in [0.29, 0.717) is 6.54 Å². The smallest absolute Gasteiger partial charge is 0.273 e. The Morgan fingerprint density at radius 3 is 2.76 bits per heavy atom. The number of carbonyl (C=O) groups excluding carboxylic acids is 1. The second-order valence-corrected chi connectivity index (χ2v) is 3.51. The molecule has 7 nitrogen and oxygen atoms in total. The van der Waals surface area contributed by atoms with Crippen molar-refractivity contribution in [1.82, 2.24) is 10.5 Å². The number of aliphatic hydroxyl groups excluding tert-OH is 2. The van der Waals surface area contributed by atoms with E-state index >= 15 is 0 Å². The minimum Gasteiger partial charge on any atom is -0.391 e. The maximum Gasteiger partial charge on any atom is 0.273 e. The molecule has 96 valence electrons. The third kappa shape index (κ3) is 3.26. The molecule has 0 fully saturated rings. The lowest BCUT2D eigenvalue weighted by molar-refractivity contribution is 0.0860. The number of rotatable bonds is 6. The normalized spacial score (nSPS) is 12.5. The first-order chi connectivity index (χ1) is 8.13. The van der Waals surface area contributed by atoms with Gasteiger partial charge in [0.15, 0.2) is 11.5 Å². The largest absolute Gasteiger partial charge is 0.391 e. The summed E-state index contributed by atoms with van der Waals surface area (Å²) in [5.41, 5.74) is 0.190. The van der Waals surface area contributed by atoms with Crippen LogP contribution in [0.15, 0.2) is 4.52 Å². The molecule has 1 unspecified atom stereocenters. The summed E-state index contributed by atoms with van der Waals surface area (Å²) in [5, 5.41) is 24.1. The minimum absolute atomic E-state index is 0.0140. The first kappa shape index (κ1) is 13.6. The highest BCUT2D eigenvalue weighted by Gasteiger charge is 2.20. The van der Waals surface area contributed by atoms with Crippen molar-refractivity contribution in [2.75, 3.05) is 13.7 Å². The number of nitrogens with zero attached hydrogens (tertiary/aromatic N) is 1. The molecule has 0 radical (unpaired) electrons. The zero-order valence-corrected chi connectivity index (χ0v) is 9.77. The fraction of sp³-hybridized carbons (Fsp3) is 0.600. The quantitative estimate of drug-likeness (QED) is 0.618. The van der Waals surface area contributed by atoms with Gasteiger partial charge in [-0.25, -0.2) is 0 Å². The van der Waals surface area contributed by atoms with Crippen LogP contribution >= 0.6 is 0 Å². The third-order valence-corrected chi connectivity index (χ3v) is 2.34. The fourth-order valence-corrected chi connectivity index (χ4v) is 1.21. The van der Waals surface area contributed by atoms with Crippen LogP contribution in [0.1, 0.15) is 28.7 Å². The molecule has 0 bridgehead atoms. The molecule has 0 aliphatic rings. The highest BCUT2D eigenvalue weighted by molar-refractivity contribution is 5.93. The van der Waals surface area contributed by atoms with Crippen molar-refractivity contribution in [2.24, 2.45) is 0 Å². The standard InChI is InChI=1S/C10H16N2O5/c1-6(16-2)3-11-10(15)9-7(4-13)8(5-14)17-12-9/h6,13-14H,3-5H2,1-2H3,(H,11,15).